The van der Waals surface area contributed by atoms with Gasteiger partial charge in [0.1, 0.15) is 0 Å². The number of carbonyl (C=O) groups excluding carboxylic acids is 3. The van der Waals surface area contributed by atoms with Crippen molar-refractivity contribution in [3.05, 3.63) is 24.3 Å². The minimum absolute atomic E-state index is 0.0595. The van der Waals surface area contributed by atoms with E-state index in [9.17, 15) is 14.4 Å². The Balaban J connectivity index is 1.58. The summed E-state index contributed by atoms with van der Waals surface area (Å²) in [7, 11) is 3.58. The van der Waals surface area contributed by atoms with Crippen molar-refractivity contribution in [3.63, 3.8) is 0 Å². The molecule has 0 aliphatic carbocycles. The largest absolute Gasteiger partial charge is 0.345 e. The van der Waals surface area contributed by atoms with Gasteiger partial charge in [0.25, 0.3) is 0 Å². The maximum Gasteiger partial charge on any atom is 0.321 e. The van der Waals surface area contributed by atoms with Crippen molar-refractivity contribution < 1.29 is 14.4 Å². The molecule has 1 aromatic carbocycles. The Kier molecular flexibility index (Phi) is 5.39. The van der Waals surface area contributed by atoms with Crippen molar-refractivity contribution in [1.29, 1.82) is 0 Å². The van der Waals surface area contributed by atoms with Crippen LogP contribution in [-0.4, -0.2) is 61.4 Å². The second-order valence-corrected chi connectivity index (χ2v) is 7.80. The van der Waals surface area contributed by atoms with E-state index < -0.39 is 0 Å². The Morgan fingerprint density at radius 2 is 1.89 bits per heavy atom. The summed E-state index contributed by atoms with van der Waals surface area (Å²) < 4.78 is 0. The van der Waals surface area contributed by atoms with Gasteiger partial charge in [-0.1, -0.05) is 6.07 Å². The average Bonchev–Trinajstić information content (AvgIpc) is 2.65. The van der Waals surface area contributed by atoms with Gasteiger partial charge in [0, 0.05) is 58.4 Å². The molecule has 2 fully saturated rings. The minimum Gasteiger partial charge on any atom is -0.345 e. The van der Waals surface area contributed by atoms with E-state index in [4.69, 9.17) is 0 Å². The van der Waals surface area contributed by atoms with Gasteiger partial charge in [-0.05, 0) is 42.9 Å². The number of carbonyl (C=O) groups is 3. The second kappa shape index (κ2) is 7.58. The standard InChI is InChI=1S/C20H28N4O3/c1-15(25)23(3)17-6-4-5-16(13-17)21-19(27)24-11-9-20(10-12-24)8-7-18(26)22(2)14-20/h4-6,13H,7-12,14H2,1-3H3,(H,21,27). The Morgan fingerprint density at radius 1 is 1.19 bits per heavy atom. The van der Waals surface area contributed by atoms with E-state index in [1.165, 1.54) is 6.92 Å². The predicted octanol–water partition coefficient (Wildman–Crippen LogP) is 2.54. The molecule has 27 heavy (non-hydrogen) atoms. The molecule has 2 aliphatic heterocycles. The monoisotopic (exact) mass is 372 g/mol. The van der Waals surface area contributed by atoms with Gasteiger partial charge in [-0.3, -0.25) is 9.59 Å². The topological polar surface area (TPSA) is 73.0 Å². The molecule has 0 aromatic heterocycles. The molecule has 0 bridgehead atoms. The van der Waals surface area contributed by atoms with Gasteiger partial charge in [0.15, 0.2) is 0 Å². The fourth-order valence-electron chi connectivity index (χ4n) is 4.00. The highest BCUT2D eigenvalue weighted by molar-refractivity contribution is 5.93. The zero-order valence-electron chi connectivity index (χ0n) is 16.3. The van der Waals surface area contributed by atoms with Gasteiger partial charge in [0.05, 0.1) is 0 Å². The van der Waals surface area contributed by atoms with E-state index in [2.05, 4.69) is 5.32 Å². The lowest BCUT2D eigenvalue weighted by Gasteiger charge is -2.46. The third kappa shape index (κ3) is 4.23. The van der Waals surface area contributed by atoms with E-state index in [0.717, 1.165) is 31.5 Å². The summed E-state index contributed by atoms with van der Waals surface area (Å²) >= 11 is 0. The van der Waals surface area contributed by atoms with Crippen LogP contribution in [0.3, 0.4) is 0 Å². The van der Waals surface area contributed by atoms with Crippen molar-refractivity contribution in [2.24, 2.45) is 5.41 Å². The number of rotatable bonds is 2. The van der Waals surface area contributed by atoms with Crippen LogP contribution in [0.1, 0.15) is 32.6 Å². The number of benzene rings is 1. The first-order valence-electron chi connectivity index (χ1n) is 9.44. The molecular weight excluding hydrogens is 344 g/mol. The molecule has 2 heterocycles. The third-order valence-electron chi connectivity index (χ3n) is 5.94. The van der Waals surface area contributed by atoms with E-state index >= 15 is 0 Å². The number of piperidine rings is 2. The maximum absolute atomic E-state index is 12.6. The van der Waals surface area contributed by atoms with E-state index in [1.807, 2.05) is 35.0 Å². The zero-order valence-corrected chi connectivity index (χ0v) is 16.3. The number of nitrogens with zero attached hydrogens (tertiary/aromatic N) is 3. The second-order valence-electron chi connectivity index (χ2n) is 7.80. The van der Waals surface area contributed by atoms with Gasteiger partial charge >= 0.3 is 6.03 Å². The zero-order chi connectivity index (χ0) is 19.6. The van der Waals surface area contributed by atoms with Crippen LogP contribution in [0.15, 0.2) is 24.3 Å². The lowest BCUT2D eigenvalue weighted by molar-refractivity contribution is -0.137. The van der Waals surface area contributed by atoms with Gasteiger partial charge in [0.2, 0.25) is 11.8 Å². The van der Waals surface area contributed by atoms with Crippen LogP contribution in [0.25, 0.3) is 0 Å². The Labute approximate surface area is 160 Å². The van der Waals surface area contributed by atoms with Crippen LogP contribution < -0.4 is 10.2 Å². The molecule has 4 amide bonds. The molecule has 1 N–H and O–H groups in total. The van der Waals surface area contributed by atoms with E-state index in [-0.39, 0.29) is 23.3 Å². The molecule has 0 atom stereocenters. The fraction of sp³-hybridized carbons (Fsp3) is 0.550. The molecule has 3 rings (SSSR count). The maximum atomic E-state index is 12.6. The highest BCUT2D eigenvalue weighted by atomic mass is 16.2. The summed E-state index contributed by atoms with van der Waals surface area (Å²) in [5.41, 5.74) is 1.57. The summed E-state index contributed by atoms with van der Waals surface area (Å²) in [5.74, 6) is 0.159. The number of urea groups is 1. The minimum atomic E-state index is -0.118. The first kappa shape index (κ1) is 19.2. The predicted molar refractivity (Wildman–Crippen MR) is 105 cm³/mol. The highest BCUT2D eigenvalue weighted by Gasteiger charge is 2.40. The number of hydrogen-bond donors (Lipinski definition) is 1. The van der Waals surface area contributed by atoms with Gasteiger partial charge in [-0.15, -0.1) is 0 Å². The summed E-state index contributed by atoms with van der Waals surface area (Å²) in [4.78, 5) is 41.1. The van der Waals surface area contributed by atoms with Gasteiger partial charge in [-0.25, -0.2) is 4.79 Å². The summed E-state index contributed by atoms with van der Waals surface area (Å²) in [6.07, 6.45) is 3.38. The fourth-order valence-corrected chi connectivity index (χ4v) is 4.00. The smallest absolute Gasteiger partial charge is 0.321 e. The highest BCUT2D eigenvalue weighted by Crippen LogP contribution is 2.39. The van der Waals surface area contributed by atoms with Crippen LogP contribution in [0.5, 0.6) is 0 Å². The van der Waals surface area contributed by atoms with Crippen molar-refractivity contribution in [2.75, 3.05) is 43.9 Å². The molecule has 0 unspecified atom stereocenters. The molecule has 7 heteroatoms. The Morgan fingerprint density at radius 3 is 2.52 bits per heavy atom. The van der Waals surface area contributed by atoms with Gasteiger partial charge in [-0.2, -0.15) is 0 Å². The van der Waals surface area contributed by atoms with Crippen LogP contribution >= 0.6 is 0 Å². The lowest BCUT2D eigenvalue weighted by Crippen LogP contribution is -2.51. The van der Waals surface area contributed by atoms with Crippen LogP contribution in [0.4, 0.5) is 16.2 Å². The number of likely N-dealkylation sites (tertiary alicyclic amines) is 2. The van der Waals surface area contributed by atoms with E-state index in [0.29, 0.717) is 25.2 Å². The molecule has 2 aliphatic rings. The third-order valence-corrected chi connectivity index (χ3v) is 5.94. The first-order chi connectivity index (χ1) is 12.8. The Bertz CT molecular complexity index is 740. The van der Waals surface area contributed by atoms with Crippen LogP contribution in [-0.2, 0) is 9.59 Å². The molecule has 7 nitrogen and oxygen atoms in total. The first-order valence-corrected chi connectivity index (χ1v) is 9.44. The van der Waals surface area contributed by atoms with Crippen molar-refractivity contribution >= 4 is 29.2 Å². The summed E-state index contributed by atoms with van der Waals surface area (Å²) in [6, 6.07) is 7.16. The molecule has 0 saturated carbocycles. The average molecular weight is 372 g/mol. The van der Waals surface area contributed by atoms with Gasteiger partial charge < -0.3 is 20.0 Å². The molecule has 2 saturated heterocycles. The number of hydrogen-bond acceptors (Lipinski definition) is 3. The summed E-state index contributed by atoms with van der Waals surface area (Å²) in [6.45, 7) is 3.69. The lowest BCUT2D eigenvalue weighted by atomic mass is 9.72. The number of anilines is 2. The number of amides is 4. The van der Waals surface area contributed by atoms with Crippen molar-refractivity contribution in [1.82, 2.24) is 9.80 Å². The quantitative estimate of drug-likeness (QED) is 0.867. The summed E-state index contributed by atoms with van der Waals surface area (Å²) in [5, 5.41) is 2.94. The molecular formula is C20H28N4O3. The van der Waals surface area contributed by atoms with Crippen LogP contribution in [0, 0.1) is 5.41 Å². The van der Waals surface area contributed by atoms with E-state index in [1.54, 1.807) is 18.0 Å². The Hall–Kier alpha value is -2.57. The molecule has 146 valence electrons. The van der Waals surface area contributed by atoms with Crippen LogP contribution in [0.2, 0.25) is 0 Å². The number of nitrogens with one attached hydrogen (secondary N) is 1. The normalized spacial score (nSPS) is 19.1. The molecule has 1 spiro atoms. The SMILES string of the molecule is CC(=O)N(C)c1cccc(NC(=O)N2CCC3(CCC(=O)N(C)C3)CC2)c1. The molecule has 0 radical (unpaired) electrons. The van der Waals surface area contributed by atoms with Crippen molar-refractivity contribution in [2.45, 2.75) is 32.6 Å². The molecule has 1 aromatic rings. The van der Waals surface area contributed by atoms with Crippen molar-refractivity contribution in [3.8, 4) is 0 Å².